The molecule has 0 saturated carbocycles. The lowest BCUT2D eigenvalue weighted by Gasteiger charge is -2.40. The Bertz CT molecular complexity index is 1920. The van der Waals surface area contributed by atoms with Crippen LogP contribution in [-0.4, -0.2) is 62.1 Å². The number of Topliss-reactive ketones (excluding diaryl/α,β-unsaturated/α-hetero) is 1. The zero-order valence-corrected chi connectivity index (χ0v) is 29.3. The molecule has 1 aliphatic heterocycles. The number of carbonyl (C=O) groups excluding carboxylic acids is 4. The van der Waals surface area contributed by atoms with Crippen molar-refractivity contribution in [1.82, 2.24) is 19.4 Å². The molecule has 0 spiro atoms. The molecule has 0 aliphatic carbocycles. The monoisotopic (exact) mass is 713 g/mol. The van der Waals surface area contributed by atoms with Crippen molar-refractivity contribution in [3.8, 4) is 11.3 Å². The van der Waals surface area contributed by atoms with E-state index in [0.29, 0.717) is 11.4 Å². The molecule has 9 nitrogen and oxygen atoms in total. The smallest absolute Gasteiger partial charge is 0.254 e. The summed E-state index contributed by atoms with van der Waals surface area (Å²) >= 11 is 0. The van der Waals surface area contributed by atoms with Crippen molar-refractivity contribution < 1.29 is 32.3 Å². The van der Waals surface area contributed by atoms with Crippen molar-refractivity contribution in [2.45, 2.75) is 64.7 Å². The highest BCUT2D eigenvalue weighted by Crippen LogP contribution is 2.40. The molecule has 1 aromatic heterocycles. The van der Waals surface area contributed by atoms with Crippen molar-refractivity contribution in [1.29, 1.82) is 0 Å². The summed E-state index contributed by atoms with van der Waals surface area (Å²) in [7, 11) is 0. The van der Waals surface area contributed by atoms with Crippen LogP contribution >= 0.6 is 0 Å². The topological polar surface area (TPSA) is 119 Å². The van der Waals surface area contributed by atoms with Crippen LogP contribution in [0.1, 0.15) is 69.1 Å². The number of ketones is 1. The fourth-order valence-corrected chi connectivity index (χ4v) is 6.44. The van der Waals surface area contributed by atoms with Gasteiger partial charge in [0.1, 0.15) is 30.2 Å². The van der Waals surface area contributed by atoms with Gasteiger partial charge in [-0.05, 0) is 41.2 Å². The Hall–Kier alpha value is -5.36. The predicted molar refractivity (Wildman–Crippen MR) is 190 cm³/mol. The van der Waals surface area contributed by atoms with E-state index in [1.54, 1.807) is 41.1 Å². The number of amides is 3. The highest BCUT2D eigenvalue weighted by Gasteiger charge is 2.40. The third kappa shape index (κ3) is 8.74. The van der Waals surface area contributed by atoms with Crippen LogP contribution in [0, 0.1) is 17.0 Å². The van der Waals surface area contributed by atoms with Gasteiger partial charge < -0.3 is 15.2 Å². The molecule has 0 bridgehead atoms. The summed E-state index contributed by atoms with van der Waals surface area (Å²) in [5.74, 6) is -3.23. The number of benzene rings is 3. The predicted octanol–water partition coefficient (Wildman–Crippen LogP) is 6.49. The van der Waals surface area contributed by atoms with Crippen molar-refractivity contribution in [2.75, 3.05) is 13.2 Å². The molecule has 3 aromatic carbocycles. The second kappa shape index (κ2) is 16.3. The van der Waals surface area contributed by atoms with Gasteiger partial charge in [-0.3, -0.25) is 24.1 Å². The minimum absolute atomic E-state index is 0.00294. The molecule has 2 N–H and O–H groups in total. The number of hydrogen-bond donors (Lipinski definition) is 1. The lowest BCUT2D eigenvalue weighted by atomic mass is 9.84. The van der Waals surface area contributed by atoms with Crippen LogP contribution in [0.25, 0.3) is 11.3 Å². The van der Waals surface area contributed by atoms with Gasteiger partial charge in [0.15, 0.2) is 5.78 Å². The van der Waals surface area contributed by atoms with Crippen molar-refractivity contribution in [2.24, 2.45) is 11.1 Å². The van der Waals surface area contributed by atoms with Crippen LogP contribution in [0.2, 0.25) is 0 Å². The fraction of sp³-hybridized carbons (Fsp3) is 0.325. The molecule has 12 heteroatoms. The number of nitrogens with zero attached hydrogens (tertiary/aromatic N) is 4. The van der Waals surface area contributed by atoms with Gasteiger partial charge in [0.2, 0.25) is 5.91 Å². The first kappa shape index (κ1) is 37.9. The van der Waals surface area contributed by atoms with E-state index >= 15 is 4.39 Å². The maximum Gasteiger partial charge on any atom is 0.254 e. The minimum Gasteiger partial charge on any atom is -0.332 e. The Morgan fingerprint density at radius 3 is 2.15 bits per heavy atom. The van der Waals surface area contributed by atoms with E-state index in [1.165, 1.54) is 4.90 Å². The third-order valence-corrected chi connectivity index (χ3v) is 8.95. The zero-order chi connectivity index (χ0) is 37.6. The van der Waals surface area contributed by atoms with Crippen LogP contribution in [0.4, 0.5) is 13.2 Å². The third-order valence-electron chi connectivity index (χ3n) is 8.95. The van der Waals surface area contributed by atoms with Crippen molar-refractivity contribution >= 4 is 23.5 Å². The second-order valence-electron chi connectivity index (χ2n) is 13.9. The maximum atomic E-state index is 15.1. The summed E-state index contributed by atoms with van der Waals surface area (Å²) < 4.78 is 44.9. The molecule has 1 aliphatic rings. The molecule has 52 heavy (non-hydrogen) atoms. The average Bonchev–Trinajstić information content (AvgIpc) is 3.68. The van der Waals surface area contributed by atoms with E-state index in [2.05, 4.69) is 0 Å². The normalized spacial score (nSPS) is 14.8. The molecule has 3 amide bonds. The first-order chi connectivity index (χ1) is 24.8. The number of hydrogen-bond acceptors (Lipinski definition) is 6. The van der Waals surface area contributed by atoms with E-state index < -0.39 is 65.4 Å². The summed E-state index contributed by atoms with van der Waals surface area (Å²) in [5.41, 5.74) is 6.66. The molecular weight excluding hydrogens is 671 g/mol. The Labute approximate surface area is 300 Å². The number of nitrogens with two attached hydrogens (primary N) is 1. The standard InChI is InChI=1S/C40H42F3N5O4/c1-40(2,3)38(39-45-32(30-22-28(42)14-15-31(30)43)25-46(39)24-26-10-6-4-7-11-26)47(21-20-29(44)23-41)34(50)17-16-33(49)37(27-12-8-5-9-13-27)48-35(51)18-19-36(48)52/h4-15,18-19,22,25,29,37-38H,16-17,20-21,23-24,44H2,1-3H3/t29-,37-,38-/m0/s1. The highest BCUT2D eigenvalue weighted by molar-refractivity contribution is 6.15. The molecular formula is C40H42F3N5O4. The number of aromatic nitrogens is 2. The highest BCUT2D eigenvalue weighted by atomic mass is 19.1. The summed E-state index contributed by atoms with van der Waals surface area (Å²) in [4.78, 5) is 60.9. The summed E-state index contributed by atoms with van der Waals surface area (Å²) in [5, 5.41) is 0. The first-order valence-electron chi connectivity index (χ1n) is 17.1. The molecule has 0 saturated heterocycles. The number of halogens is 3. The lowest BCUT2D eigenvalue weighted by Crippen LogP contribution is -2.45. The molecule has 0 fully saturated rings. The Balaban J connectivity index is 1.54. The first-order valence-corrected chi connectivity index (χ1v) is 17.1. The van der Waals surface area contributed by atoms with Crippen LogP contribution in [-0.2, 0) is 25.7 Å². The van der Waals surface area contributed by atoms with Gasteiger partial charge >= 0.3 is 0 Å². The maximum absolute atomic E-state index is 15.1. The van der Waals surface area contributed by atoms with Gasteiger partial charge in [-0.15, -0.1) is 0 Å². The molecule has 0 unspecified atom stereocenters. The van der Waals surface area contributed by atoms with Crippen LogP contribution in [0.3, 0.4) is 0 Å². The van der Waals surface area contributed by atoms with Crippen LogP contribution in [0.5, 0.6) is 0 Å². The number of alkyl halides is 1. The van der Waals surface area contributed by atoms with Gasteiger partial charge in [0.25, 0.3) is 11.8 Å². The Kier molecular flexibility index (Phi) is 11.9. The SMILES string of the molecule is CC(C)(C)[C@H](c1nc(-c2cc(F)ccc2F)cn1Cc1ccccc1)N(CC[C@H](N)CF)C(=O)CCC(=O)[C@H](c1ccccc1)N1C(=O)C=CC1=O. The summed E-state index contributed by atoms with van der Waals surface area (Å²) in [6, 6.07) is 18.0. The Morgan fingerprint density at radius 2 is 1.54 bits per heavy atom. The van der Waals surface area contributed by atoms with Gasteiger partial charge in [-0.25, -0.2) is 18.2 Å². The lowest BCUT2D eigenvalue weighted by molar-refractivity contribution is -0.145. The van der Waals surface area contributed by atoms with Crippen molar-refractivity contribution in [3.05, 3.63) is 126 Å². The molecule has 3 atom stereocenters. The van der Waals surface area contributed by atoms with E-state index in [-0.39, 0.29) is 43.6 Å². The number of imide groups is 1. The largest absolute Gasteiger partial charge is 0.332 e. The van der Waals surface area contributed by atoms with E-state index in [9.17, 15) is 28.0 Å². The summed E-state index contributed by atoms with van der Waals surface area (Å²) in [6.45, 7) is 5.14. The van der Waals surface area contributed by atoms with Gasteiger partial charge in [0, 0.05) is 55.9 Å². The number of carbonyl (C=O) groups is 4. The van der Waals surface area contributed by atoms with E-state index in [4.69, 9.17) is 10.7 Å². The minimum atomic E-state index is -1.25. The molecule has 272 valence electrons. The molecule has 0 radical (unpaired) electrons. The molecule has 2 heterocycles. The molecule has 5 rings (SSSR count). The summed E-state index contributed by atoms with van der Waals surface area (Å²) in [6.07, 6.45) is 3.26. The molecule has 4 aromatic rings. The van der Waals surface area contributed by atoms with Gasteiger partial charge in [-0.1, -0.05) is 81.4 Å². The van der Waals surface area contributed by atoms with Crippen LogP contribution in [0.15, 0.2) is 97.2 Å². The Morgan fingerprint density at radius 1 is 0.904 bits per heavy atom. The van der Waals surface area contributed by atoms with Gasteiger partial charge in [-0.2, -0.15) is 0 Å². The van der Waals surface area contributed by atoms with E-state index in [1.807, 2.05) is 51.1 Å². The zero-order valence-electron chi connectivity index (χ0n) is 29.3. The fourth-order valence-electron chi connectivity index (χ4n) is 6.44. The quantitative estimate of drug-likeness (QED) is 0.141. The van der Waals surface area contributed by atoms with E-state index in [0.717, 1.165) is 40.8 Å². The van der Waals surface area contributed by atoms with Crippen LogP contribution < -0.4 is 5.73 Å². The number of rotatable bonds is 15. The van der Waals surface area contributed by atoms with Crippen molar-refractivity contribution in [3.63, 3.8) is 0 Å². The number of imidazole rings is 1. The van der Waals surface area contributed by atoms with Gasteiger partial charge in [0.05, 0.1) is 11.7 Å². The second-order valence-corrected chi connectivity index (χ2v) is 13.9. The average molecular weight is 714 g/mol.